The summed E-state index contributed by atoms with van der Waals surface area (Å²) in [4.78, 5) is 0. The van der Waals surface area contributed by atoms with E-state index in [0.717, 1.165) is 16.0 Å². The Morgan fingerprint density at radius 1 is 1.00 bits per heavy atom. The molecule has 1 aromatic carbocycles. The van der Waals surface area contributed by atoms with Gasteiger partial charge < -0.3 is 0 Å². The lowest BCUT2D eigenvalue weighted by Gasteiger charge is -2.28. The molecule has 0 bridgehead atoms. The summed E-state index contributed by atoms with van der Waals surface area (Å²) in [6.07, 6.45) is 6.86. The normalized spacial score (nSPS) is 19.7. The fraction of sp³-hybridized carbons (Fsp3) is 0.571. The van der Waals surface area contributed by atoms with Crippen molar-refractivity contribution in [3.63, 3.8) is 0 Å². The minimum absolute atomic E-state index is 0.580. The van der Waals surface area contributed by atoms with Crippen LogP contribution in [0.1, 0.15) is 50.5 Å². The van der Waals surface area contributed by atoms with Gasteiger partial charge in [0, 0.05) is 10.0 Å². The van der Waals surface area contributed by atoms with Gasteiger partial charge in [0.1, 0.15) is 0 Å². The molecule has 2 rings (SSSR count). The molecular formula is C14H18Cl2. The van der Waals surface area contributed by atoms with E-state index in [1.54, 1.807) is 6.07 Å². The maximum absolute atomic E-state index is 6.05. The molecule has 0 saturated heterocycles. The minimum atomic E-state index is 0.580. The third-order valence-corrected chi connectivity index (χ3v) is 4.20. The molecule has 0 aliphatic heterocycles. The van der Waals surface area contributed by atoms with E-state index < -0.39 is 0 Å². The Hall–Kier alpha value is -0.200. The largest absolute Gasteiger partial charge is 0.0843 e. The lowest BCUT2D eigenvalue weighted by molar-refractivity contribution is 0.316. The van der Waals surface area contributed by atoms with Gasteiger partial charge in [-0.05, 0) is 48.4 Å². The molecule has 0 N–H and O–H groups in total. The highest BCUT2D eigenvalue weighted by Gasteiger charge is 2.21. The van der Waals surface area contributed by atoms with Crippen molar-refractivity contribution < 1.29 is 0 Å². The van der Waals surface area contributed by atoms with Crippen LogP contribution in [-0.2, 0) is 0 Å². The third-order valence-electron chi connectivity index (χ3n) is 3.77. The quantitative estimate of drug-likeness (QED) is 0.639. The van der Waals surface area contributed by atoms with E-state index in [-0.39, 0.29) is 0 Å². The summed E-state index contributed by atoms with van der Waals surface area (Å²) >= 11 is 12.1. The van der Waals surface area contributed by atoms with Crippen LogP contribution >= 0.6 is 23.2 Å². The molecule has 0 heterocycles. The van der Waals surface area contributed by atoms with Gasteiger partial charge in [-0.3, -0.25) is 0 Å². The monoisotopic (exact) mass is 256 g/mol. The second-order valence-electron chi connectivity index (χ2n) is 4.89. The number of rotatable bonds is 2. The van der Waals surface area contributed by atoms with Crippen LogP contribution in [0.15, 0.2) is 18.2 Å². The van der Waals surface area contributed by atoms with Gasteiger partial charge in [0.2, 0.25) is 0 Å². The van der Waals surface area contributed by atoms with Crippen LogP contribution in [0.2, 0.25) is 10.0 Å². The van der Waals surface area contributed by atoms with Crippen LogP contribution in [0.25, 0.3) is 0 Å². The second-order valence-corrected chi connectivity index (χ2v) is 5.76. The van der Waals surface area contributed by atoms with Gasteiger partial charge in [-0.25, -0.2) is 0 Å². The molecule has 0 aromatic heterocycles. The van der Waals surface area contributed by atoms with Gasteiger partial charge in [-0.1, -0.05) is 49.4 Å². The lowest BCUT2D eigenvalue weighted by atomic mass is 9.78. The van der Waals surface area contributed by atoms with Crippen LogP contribution in [-0.4, -0.2) is 0 Å². The van der Waals surface area contributed by atoms with Gasteiger partial charge in [0.15, 0.2) is 0 Å². The highest BCUT2D eigenvalue weighted by Crippen LogP contribution is 2.37. The number of hydrogen-bond donors (Lipinski definition) is 0. The van der Waals surface area contributed by atoms with Gasteiger partial charge in [0.05, 0.1) is 0 Å². The Morgan fingerprint density at radius 3 is 2.12 bits per heavy atom. The van der Waals surface area contributed by atoms with E-state index in [1.165, 1.54) is 37.7 Å². The average molecular weight is 257 g/mol. The van der Waals surface area contributed by atoms with Gasteiger partial charge in [-0.15, -0.1) is 0 Å². The first kappa shape index (κ1) is 12.3. The lowest BCUT2D eigenvalue weighted by Crippen LogP contribution is -2.13. The summed E-state index contributed by atoms with van der Waals surface area (Å²) in [6, 6.07) is 5.93. The average Bonchev–Trinajstić information content (AvgIpc) is 2.28. The molecule has 1 aliphatic rings. The molecule has 88 valence electrons. The number of hydrogen-bond acceptors (Lipinski definition) is 0. The van der Waals surface area contributed by atoms with E-state index in [1.807, 2.05) is 0 Å². The fourth-order valence-electron chi connectivity index (χ4n) is 2.74. The molecule has 1 aromatic rings. The molecule has 0 amide bonds. The Morgan fingerprint density at radius 2 is 1.56 bits per heavy atom. The zero-order valence-corrected chi connectivity index (χ0v) is 11.2. The van der Waals surface area contributed by atoms with Gasteiger partial charge >= 0.3 is 0 Å². The molecule has 0 spiro atoms. The van der Waals surface area contributed by atoms with Gasteiger partial charge in [0.25, 0.3) is 0 Å². The van der Waals surface area contributed by atoms with Crippen LogP contribution in [0.3, 0.4) is 0 Å². The maximum Gasteiger partial charge on any atom is 0.0423 e. The predicted molar refractivity (Wildman–Crippen MR) is 71.5 cm³/mol. The molecule has 1 saturated carbocycles. The summed E-state index contributed by atoms with van der Waals surface area (Å²) in [5, 5.41) is 1.51. The summed E-state index contributed by atoms with van der Waals surface area (Å²) < 4.78 is 0. The highest BCUT2D eigenvalue weighted by atomic mass is 35.5. The Kier molecular flexibility index (Phi) is 4.16. The van der Waals surface area contributed by atoms with Gasteiger partial charge in [-0.2, -0.15) is 0 Å². The van der Waals surface area contributed by atoms with Crippen LogP contribution < -0.4 is 0 Å². The van der Waals surface area contributed by atoms with Crippen molar-refractivity contribution in [2.45, 2.75) is 44.9 Å². The topological polar surface area (TPSA) is 0 Å². The highest BCUT2D eigenvalue weighted by molar-refractivity contribution is 6.34. The van der Waals surface area contributed by atoms with E-state index >= 15 is 0 Å². The molecule has 1 unspecified atom stereocenters. The first-order chi connectivity index (χ1) is 7.66. The first-order valence-electron chi connectivity index (χ1n) is 6.13. The third kappa shape index (κ3) is 2.93. The summed E-state index contributed by atoms with van der Waals surface area (Å²) in [5.41, 5.74) is 1.30. The van der Waals surface area contributed by atoms with E-state index in [4.69, 9.17) is 23.2 Å². The molecule has 2 heteroatoms. The maximum atomic E-state index is 6.05. The first-order valence-corrected chi connectivity index (χ1v) is 6.88. The van der Waals surface area contributed by atoms with Crippen molar-refractivity contribution in [1.82, 2.24) is 0 Å². The van der Waals surface area contributed by atoms with E-state index in [9.17, 15) is 0 Å². The Bertz CT molecular complexity index is 334. The number of benzene rings is 1. The van der Waals surface area contributed by atoms with Crippen LogP contribution in [0, 0.1) is 5.92 Å². The standard InChI is InChI=1S/C14H18Cl2/c1-10(11-5-3-2-4-6-11)12-7-13(15)9-14(16)8-12/h7-11H,2-6H2,1H3. The van der Waals surface area contributed by atoms with Crippen LogP contribution in [0.4, 0.5) is 0 Å². The molecular weight excluding hydrogens is 239 g/mol. The second kappa shape index (κ2) is 5.42. The Labute approximate surface area is 108 Å². The predicted octanol–water partition coefficient (Wildman–Crippen LogP) is 5.68. The Balaban J connectivity index is 2.15. The zero-order chi connectivity index (χ0) is 11.5. The summed E-state index contributed by atoms with van der Waals surface area (Å²) in [7, 11) is 0. The fourth-order valence-corrected chi connectivity index (χ4v) is 3.29. The van der Waals surface area contributed by atoms with E-state index in [0.29, 0.717) is 5.92 Å². The molecule has 0 radical (unpaired) electrons. The van der Waals surface area contributed by atoms with E-state index in [2.05, 4.69) is 19.1 Å². The van der Waals surface area contributed by atoms with Crippen molar-refractivity contribution in [2.75, 3.05) is 0 Å². The smallest absolute Gasteiger partial charge is 0.0423 e. The van der Waals surface area contributed by atoms with Crippen molar-refractivity contribution in [3.05, 3.63) is 33.8 Å². The zero-order valence-electron chi connectivity index (χ0n) is 9.68. The molecule has 1 fully saturated rings. The SMILES string of the molecule is CC(c1cc(Cl)cc(Cl)c1)C1CCCCC1. The summed E-state index contributed by atoms with van der Waals surface area (Å²) in [5.74, 6) is 1.39. The summed E-state index contributed by atoms with van der Waals surface area (Å²) in [6.45, 7) is 2.30. The molecule has 0 nitrogen and oxygen atoms in total. The number of halogens is 2. The van der Waals surface area contributed by atoms with Crippen molar-refractivity contribution >= 4 is 23.2 Å². The van der Waals surface area contributed by atoms with Crippen molar-refractivity contribution in [1.29, 1.82) is 0 Å². The van der Waals surface area contributed by atoms with Crippen molar-refractivity contribution in [2.24, 2.45) is 5.92 Å². The molecule has 16 heavy (non-hydrogen) atoms. The van der Waals surface area contributed by atoms with Crippen molar-refractivity contribution in [3.8, 4) is 0 Å². The minimum Gasteiger partial charge on any atom is -0.0843 e. The van der Waals surface area contributed by atoms with Crippen LogP contribution in [0.5, 0.6) is 0 Å². The molecule has 1 atom stereocenters. The molecule has 1 aliphatic carbocycles.